The summed E-state index contributed by atoms with van der Waals surface area (Å²) in [5, 5.41) is 13.8. The lowest BCUT2D eigenvalue weighted by atomic mass is 10.0. The van der Waals surface area contributed by atoms with Gasteiger partial charge in [0, 0.05) is 54.8 Å². The van der Waals surface area contributed by atoms with Crippen LogP contribution in [0.5, 0.6) is 0 Å². The normalized spacial score (nSPS) is 14.4. The van der Waals surface area contributed by atoms with E-state index >= 15 is 0 Å². The average molecular weight is 439 g/mol. The fourth-order valence-corrected chi connectivity index (χ4v) is 4.24. The van der Waals surface area contributed by atoms with Crippen LogP contribution in [-0.4, -0.2) is 54.2 Å². The summed E-state index contributed by atoms with van der Waals surface area (Å²) in [7, 11) is 2.16. The summed E-state index contributed by atoms with van der Waals surface area (Å²) in [5.74, 6) is -0.929. The van der Waals surface area contributed by atoms with Gasteiger partial charge in [-0.2, -0.15) is 0 Å². The molecule has 0 radical (unpaired) electrons. The molecule has 2 heterocycles. The van der Waals surface area contributed by atoms with Crippen LogP contribution in [0, 0.1) is 0 Å². The maximum Gasteiger partial charge on any atom is 0.335 e. The van der Waals surface area contributed by atoms with Crippen LogP contribution in [0.1, 0.15) is 10.4 Å². The highest BCUT2D eigenvalue weighted by Gasteiger charge is 2.14. The van der Waals surface area contributed by atoms with Gasteiger partial charge in [0.05, 0.1) is 11.1 Å². The second kappa shape index (κ2) is 8.92. The number of nitrogens with zero attached hydrogens (tertiary/aromatic N) is 3. The topological polar surface area (TPSA) is 68.7 Å². The monoisotopic (exact) mass is 438 g/mol. The van der Waals surface area contributed by atoms with Gasteiger partial charge in [-0.25, -0.2) is 4.79 Å². The molecule has 4 aromatic rings. The lowest BCUT2D eigenvalue weighted by Crippen LogP contribution is -2.44. The van der Waals surface area contributed by atoms with Gasteiger partial charge >= 0.3 is 5.97 Å². The van der Waals surface area contributed by atoms with E-state index in [-0.39, 0.29) is 5.56 Å². The van der Waals surface area contributed by atoms with Crippen molar-refractivity contribution in [2.45, 2.75) is 0 Å². The molecule has 0 atom stereocenters. The molecule has 0 aliphatic carbocycles. The van der Waals surface area contributed by atoms with Crippen molar-refractivity contribution in [2.24, 2.45) is 0 Å². The Balaban J connectivity index is 1.42. The molecular weight excluding hydrogens is 412 g/mol. The smallest absolute Gasteiger partial charge is 0.335 e. The molecule has 33 heavy (non-hydrogen) atoms. The highest BCUT2D eigenvalue weighted by atomic mass is 16.4. The van der Waals surface area contributed by atoms with Crippen molar-refractivity contribution in [3.8, 4) is 11.1 Å². The van der Waals surface area contributed by atoms with E-state index in [1.807, 2.05) is 24.3 Å². The average Bonchev–Trinajstić information content (AvgIpc) is 2.85. The SMILES string of the molecule is CN1CCN(c2ccc(Nc3ccnc4ccc(-c5cccc(C(=O)O)c5)cc34)cc2)CC1. The number of rotatable bonds is 5. The van der Waals surface area contributed by atoms with Crippen LogP contribution in [0.3, 0.4) is 0 Å². The Morgan fingerprint density at radius 2 is 1.67 bits per heavy atom. The second-order valence-corrected chi connectivity index (χ2v) is 8.44. The standard InChI is InChI=1S/C27H26N4O2/c1-30-13-15-31(16-14-30)23-8-6-22(7-9-23)29-26-11-12-28-25-10-5-20(18-24(25)26)19-3-2-4-21(17-19)27(32)33/h2-12,17-18H,13-16H2,1H3,(H,28,29)(H,32,33). The molecule has 6 nitrogen and oxygen atoms in total. The van der Waals surface area contributed by atoms with E-state index < -0.39 is 5.97 Å². The first-order valence-corrected chi connectivity index (χ1v) is 11.1. The molecule has 6 heteroatoms. The number of pyridine rings is 1. The maximum atomic E-state index is 11.4. The summed E-state index contributed by atoms with van der Waals surface area (Å²) in [6.45, 7) is 4.26. The van der Waals surface area contributed by atoms with Gasteiger partial charge in [-0.15, -0.1) is 0 Å². The molecule has 1 aromatic heterocycles. The molecule has 3 aromatic carbocycles. The van der Waals surface area contributed by atoms with Gasteiger partial charge in [0.1, 0.15) is 0 Å². The van der Waals surface area contributed by atoms with Crippen LogP contribution >= 0.6 is 0 Å². The molecule has 0 spiro atoms. The van der Waals surface area contributed by atoms with Crippen molar-refractivity contribution in [1.29, 1.82) is 0 Å². The Hall–Kier alpha value is -3.90. The van der Waals surface area contributed by atoms with E-state index in [0.29, 0.717) is 0 Å². The summed E-state index contributed by atoms with van der Waals surface area (Å²) in [6, 6.07) is 23.5. The zero-order valence-electron chi connectivity index (χ0n) is 18.5. The Bertz CT molecular complexity index is 1300. The van der Waals surface area contributed by atoms with E-state index in [4.69, 9.17) is 0 Å². The number of fused-ring (bicyclic) bond motifs is 1. The lowest BCUT2D eigenvalue weighted by molar-refractivity contribution is 0.0697. The van der Waals surface area contributed by atoms with Crippen LogP contribution in [0.4, 0.5) is 17.1 Å². The van der Waals surface area contributed by atoms with E-state index in [9.17, 15) is 9.90 Å². The van der Waals surface area contributed by atoms with Crippen LogP contribution in [-0.2, 0) is 0 Å². The number of piperazine rings is 1. The second-order valence-electron chi connectivity index (χ2n) is 8.44. The fourth-order valence-electron chi connectivity index (χ4n) is 4.24. The minimum Gasteiger partial charge on any atom is -0.478 e. The molecule has 166 valence electrons. The van der Waals surface area contributed by atoms with Crippen LogP contribution < -0.4 is 10.2 Å². The summed E-state index contributed by atoms with van der Waals surface area (Å²) < 4.78 is 0. The predicted molar refractivity (Wildman–Crippen MR) is 134 cm³/mol. The molecular formula is C27H26N4O2. The Morgan fingerprint density at radius 3 is 2.42 bits per heavy atom. The lowest BCUT2D eigenvalue weighted by Gasteiger charge is -2.34. The van der Waals surface area contributed by atoms with E-state index in [0.717, 1.165) is 59.6 Å². The first-order chi connectivity index (χ1) is 16.1. The van der Waals surface area contributed by atoms with Gasteiger partial charge in [-0.05, 0) is 72.8 Å². The number of aromatic carboxylic acids is 1. The van der Waals surface area contributed by atoms with Gasteiger partial charge in [-0.1, -0.05) is 18.2 Å². The van der Waals surface area contributed by atoms with E-state index in [2.05, 4.69) is 57.5 Å². The van der Waals surface area contributed by atoms with Gasteiger partial charge in [0.2, 0.25) is 0 Å². The first-order valence-electron chi connectivity index (χ1n) is 11.1. The third kappa shape index (κ3) is 4.52. The Kier molecular flexibility index (Phi) is 5.67. The van der Waals surface area contributed by atoms with Crippen LogP contribution in [0.15, 0.2) is 79.0 Å². The van der Waals surface area contributed by atoms with Crippen molar-refractivity contribution in [3.05, 3.63) is 84.6 Å². The third-order valence-corrected chi connectivity index (χ3v) is 6.20. The number of hydrogen-bond donors (Lipinski definition) is 2. The summed E-state index contributed by atoms with van der Waals surface area (Å²) in [4.78, 5) is 20.6. The fraction of sp³-hybridized carbons (Fsp3) is 0.185. The summed E-state index contributed by atoms with van der Waals surface area (Å²) in [6.07, 6.45) is 1.80. The van der Waals surface area contributed by atoms with Gasteiger partial charge < -0.3 is 20.2 Å². The molecule has 1 aliphatic rings. The Labute approximate surface area is 193 Å². The summed E-state index contributed by atoms with van der Waals surface area (Å²) >= 11 is 0. The van der Waals surface area contributed by atoms with Crippen molar-refractivity contribution < 1.29 is 9.90 Å². The largest absolute Gasteiger partial charge is 0.478 e. The van der Waals surface area contributed by atoms with Crippen molar-refractivity contribution in [2.75, 3.05) is 43.4 Å². The van der Waals surface area contributed by atoms with Crippen LogP contribution in [0.2, 0.25) is 0 Å². The molecule has 5 rings (SSSR count). The first kappa shape index (κ1) is 21.0. The molecule has 1 fully saturated rings. The number of benzene rings is 3. The zero-order valence-corrected chi connectivity index (χ0v) is 18.5. The van der Waals surface area contributed by atoms with Gasteiger partial charge in [0.15, 0.2) is 0 Å². The van der Waals surface area contributed by atoms with Crippen LogP contribution in [0.25, 0.3) is 22.0 Å². The number of carboxylic acids is 1. The van der Waals surface area contributed by atoms with Crippen molar-refractivity contribution >= 4 is 33.9 Å². The molecule has 1 aliphatic heterocycles. The highest BCUT2D eigenvalue weighted by molar-refractivity contribution is 5.96. The van der Waals surface area contributed by atoms with Crippen molar-refractivity contribution in [1.82, 2.24) is 9.88 Å². The molecule has 0 bridgehead atoms. The quantitative estimate of drug-likeness (QED) is 0.452. The molecule has 0 saturated carbocycles. The number of likely N-dealkylation sites (N-methyl/N-ethyl adjacent to an activating group) is 1. The predicted octanol–water partition coefficient (Wildman–Crippen LogP) is 5.10. The van der Waals surface area contributed by atoms with Crippen molar-refractivity contribution in [3.63, 3.8) is 0 Å². The Morgan fingerprint density at radius 1 is 0.909 bits per heavy atom. The summed E-state index contributed by atoms with van der Waals surface area (Å²) in [5.41, 5.74) is 6.19. The highest BCUT2D eigenvalue weighted by Crippen LogP contribution is 2.31. The molecule has 2 N–H and O–H groups in total. The molecule has 0 amide bonds. The van der Waals surface area contributed by atoms with Gasteiger partial charge in [-0.3, -0.25) is 4.98 Å². The minimum atomic E-state index is -0.929. The minimum absolute atomic E-state index is 0.276. The zero-order chi connectivity index (χ0) is 22.8. The third-order valence-electron chi connectivity index (χ3n) is 6.20. The maximum absolute atomic E-state index is 11.4. The number of carbonyl (C=O) groups is 1. The number of aromatic nitrogens is 1. The van der Waals surface area contributed by atoms with Gasteiger partial charge in [0.25, 0.3) is 0 Å². The number of carboxylic acid groups (broad SMARTS) is 1. The number of nitrogens with one attached hydrogen (secondary N) is 1. The number of hydrogen-bond acceptors (Lipinski definition) is 5. The molecule has 1 saturated heterocycles. The van der Waals surface area contributed by atoms with E-state index in [1.54, 1.807) is 24.4 Å². The van der Waals surface area contributed by atoms with E-state index in [1.165, 1.54) is 5.69 Å². The number of anilines is 3. The molecule has 0 unspecified atom stereocenters.